The van der Waals surface area contributed by atoms with Crippen LogP contribution in [0.2, 0.25) is 0 Å². The average molecular weight is 227 g/mol. The van der Waals surface area contributed by atoms with Crippen LogP contribution in [0.3, 0.4) is 0 Å². The van der Waals surface area contributed by atoms with Crippen LogP contribution in [0.25, 0.3) is 0 Å². The van der Waals surface area contributed by atoms with Gasteiger partial charge < -0.3 is 10.4 Å². The first-order valence-corrected chi connectivity index (χ1v) is 6.55. The van der Waals surface area contributed by atoms with Crippen LogP contribution in [-0.4, -0.2) is 23.2 Å². The molecule has 0 radical (unpaired) electrons. The molecule has 0 heterocycles. The third-order valence-corrected chi connectivity index (χ3v) is 3.64. The standard InChI is InChI=1S/C13H25NO2/c1-3-4-9-12(15)14-10-13(2,16)11-7-5-6-8-11/h11,16H,3-10H2,1-2H3,(H,14,15)/t13-/m1/s1. The van der Waals surface area contributed by atoms with Gasteiger partial charge in [-0.2, -0.15) is 0 Å². The van der Waals surface area contributed by atoms with E-state index >= 15 is 0 Å². The molecule has 1 amide bonds. The number of carbonyl (C=O) groups excluding carboxylic acids is 1. The van der Waals surface area contributed by atoms with E-state index in [0.29, 0.717) is 18.9 Å². The first-order chi connectivity index (χ1) is 7.56. The van der Waals surface area contributed by atoms with Gasteiger partial charge in [-0.3, -0.25) is 4.79 Å². The molecule has 1 atom stereocenters. The Morgan fingerprint density at radius 3 is 2.62 bits per heavy atom. The second kappa shape index (κ2) is 6.24. The van der Waals surface area contributed by atoms with Crippen LogP contribution in [0.15, 0.2) is 0 Å². The molecule has 1 rings (SSSR count). The summed E-state index contributed by atoms with van der Waals surface area (Å²) in [6, 6.07) is 0. The van der Waals surface area contributed by atoms with Crippen molar-refractivity contribution in [3.63, 3.8) is 0 Å². The lowest BCUT2D eigenvalue weighted by Gasteiger charge is -2.30. The van der Waals surface area contributed by atoms with Crippen molar-refractivity contribution < 1.29 is 9.90 Å². The molecular formula is C13H25NO2. The molecule has 0 saturated heterocycles. The Morgan fingerprint density at radius 2 is 2.06 bits per heavy atom. The first kappa shape index (κ1) is 13.5. The Hall–Kier alpha value is -0.570. The third-order valence-electron chi connectivity index (χ3n) is 3.64. The maximum atomic E-state index is 11.4. The number of hydrogen-bond donors (Lipinski definition) is 2. The molecule has 0 aromatic heterocycles. The minimum Gasteiger partial charge on any atom is -0.388 e. The van der Waals surface area contributed by atoms with E-state index in [4.69, 9.17) is 0 Å². The van der Waals surface area contributed by atoms with Crippen molar-refractivity contribution in [3.8, 4) is 0 Å². The lowest BCUT2D eigenvalue weighted by molar-refractivity contribution is -0.122. The van der Waals surface area contributed by atoms with Crippen molar-refractivity contribution in [1.82, 2.24) is 5.32 Å². The Kier molecular flexibility index (Phi) is 5.26. The van der Waals surface area contributed by atoms with Gasteiger partial charge in [0.05, 0.1) is 5.60 Å². The fourth-order valence-electron chi connectivity index (χ4n) is 2.40. The average Bonchev–Trinajstić information content (AvgIpc) is 2.77. The highest BCUT2D eigenvalue weighted by Gasteiger charge is 2.33. The normalized spacial score (nSPS) is 20.7. The first-order valence-electron chi connectivity index (χ1n) is 6.55. The van der Waals surface area contributed by atoms with E-state index in [0.717, 1.165) is 25.7 Å². The Balaban J connectivity index is 2.26. The van der Waals surface area contributed by atoms with Gasteiger partial charge >= 0.3 is 0 Å². The number of amides is 1. The van der Waals surface area contributed by atoms with Crippen LogP contribution >= 0.6 is 0 Å². The van der Waals surface area contributed by atoms with Crippen LogP contribution < -0.4 is 5.32 Å². The molecule has 0 aliphatic heterocycles. The van der Waals surface area contributed by atoms with Gasteiger partial charge in [0.2, 0.25) is 5.91 Å². The zero-order valence-corrected chi connectivity index (χ0v) is 10.6. The van der Waals surface area contributed by atoms with Crippen molar-refractivity contribution in [1.29, 1.82) is 0 Å². The van der Waals surface area contributed by atoms with E-state index in [1.54, 1.807) is 0 Å². The van der Waals surface area contributed by atoms with Gasteiger partial charge in [0.15, 0.2) is 0 Å². The van der Waals surface area contributed by atoms with Crippen LogP contribution in [0.1, 0.15) is 58.8 Å². The maximum Gasteiger partial charge on any atom is 0.220 e. The van der Waals surface area contributed by atoms with Gasteiger partial charge in [-0.05, 0) is 32.1 Å². The van der Waals surface area contributed by atoms with Crippen molar-refractivity contribution in [3.05, 3.63) is 0 Å². The van der Waals surface area contributed by atoms with Gasteiger partial charge in [-0.1, -0.05) is 26.2 Å². The second-order valence-corrected chi connectivity index (χ2v) is 5.22. The molecule has 1 saturated carbocycles. The molecule has 2 N–H and O–H groups in total. The van der Waals surface area contributed by atoms with Crippen LogP contribution in [0.4, 0.5) is 0 Å². The minimum atomic E-state index is -0.724. The SMILES string of the molecule is CCCCC(=O)NC[C@@](C)(O)C1CCCC1. The lowest BCUT2D eigenvalue weighted by Crippen LogP contribution is -2.45. The van der Waals surface area contributed by atoms with Gasteiger partial charge in [0, 0.05) is 13.0 Å². The van der Waals surface area contributed by atoms with Crippen molar-refractivity contribution >= 4 is 5.91 Å². The molecule has 1 aliphatic carbocycles. The summed E-state index contributed by atoms with van der Waals surface area (Å²) in [5.41, 5.74) is -0.724. The van der Waals surface area contributed by atoms with E-state index in [2.05, 4.69) is 12.2 Å². The van der Waals surface area contributed by atoms with E-state index in [1.807, 2.05) is 6.92 Å². The maximum absolute atomic E-state index is 11.4. The molecule has 0 aromatic rings. The predicted molar refractivity (Wildman–Crippen MR) is 65.1 cm³/mol. The monoisotopic (exact) mass is 227 g/mol. The highest BCUT2D eigenvalue weighted by molar-refractivity contribution is 5.75. The summed E-state index contributed by atoms with van der Waals surface area (Å²) in [7, 11) is 0. The molecule has 1 fully saturated rings. The molecule has 1 aliphatic rings. The van der Waals surface area contributed by atoms with Crippen molar-refractivity contribution in [2.45, 2.75) is 64.4 Å². The molecular weight excluding hydrogens is 202 g/mol. The summed E-state index contributed by atoms with van der Waals surface area (Å²) in [6.45, 7) is 4.32. The smallest absolute Gasteiger partial charge is 0.220 e. The van der Waals surface area contributed by atoms with Gasteiger partial charge in [0.1, 0.15) is 0 Å². The fraction of sp³-hybridized carbons (Fsp3) is 0.923. The molecule has 0 spiro atoms. The second-order valence-electron chi connectivity index (χ2n) is 5.22. The molecule has 0 unspecified atom stereocenters. The number of rotatable bonds is 6. The highest BCUT2D eigenvalue weighted by Crippen LogP contribution is 2.33. The summed E-state index contributed by atoms with van der Waals surface area (Å²) < 4.78 is 0. The Morgan fingerprint density at radius 1 is 1.44 bits per heavy atom. The summed E-state index contributed by atoms with van der Waals surface area (Å²) in [6.07, 6.45) is 7.16. The number of carbonyl (C=O) groups is 1. The molecule has 0 aromatic carbocycles. The summed E-state index contributed by atoms with van der Waals surface area (Å²) >= 11 is 0. The zero-order chi connectivity index (χ0) is 12.0. The van der Waals surface area contributed by atoms with Crippen LogP contribution in [-0.2, 0) is 4.79 Å². The van der Waals surface area contributed by atoms with Crippen molar-refractivity contribution in [2.75, 3.05) is 6.54 Å². The van der Waals surface area contributed by atoms with E-state index in [9.17, 15) is 9.90 Å². The van der Waals surface area contributed by atoms with Crippen LogP contribution in [0, 0.1) is 5.92 Å². The molecule has 16 heavy (non-hydrogen) atoms. The van der Waals surface area contributed by atoms with Crippen LogP contribution in [0.5, 0.6) is 0 Å². The van der Waals surface area contributed by atoms with E-state index in [-0.39, 0.29) is 5.91 Å². The van der Waals surface area contributed by atoms with E-state index < -0.39 is 5.60 Å². The number of unbranched alkanes of at least 4 members (excludes halogenated alkanes) is 1. The minimum absolute atomic E-state index is 0.0696. The molecule has 94 valence electrons. The topological polar surface area (TPSA) is 49.3 Å². The largest absolute Gasteiger partial charge is 0.388 e. The number of hydrogen-bond acceptors (Lipinski definition) is 2. The quantitative estimate of drug-likeness (QED) is 0.731. The van der Waals surface area contributed by atoms with E-state index in [1.165, 1.54) is 12.8 Å². The van der Waals surface area contributed by atoms with Gasteiger partial charge in [-0.15, -0.1) is 0 Å². The molecule has 3 nitrogen and oxygen atoms in total. The number of nitrogens with one attached hydrogen (secondary N) is 1. The zero-order valence-electron chi connectivity index (χ0n) is 10.6. The number of aliphatic hydroxyl groups is 1. The Bertz CT molecular complexity index is 220. The molecule has 0 bridgehead atoms. The molecule has 3 heteroatoms. The third kappa shape index (κ3) is 4.12. The van der Waals surface area contributed by atoms with Gasteiger partial charge in [0.25, 0.3) is 0 Å². The lowest BCUT2D eigenvalue weighted by atomic mass is 9.87. The Labute approximate surface area is 98.6 Å². The van der Waals surface area contributed by atoms with Gasteiger partial charge in [-0.25, -0.2) is 0 Å². The summed E-state index contributed by atoms with van der Waals surface area (Å²) in [4.78, 5) is 11.4. The summed E-state index contributed by atoms with van der Waals surface area (Å²) in [5.74, 6) is 0.430. The fourth-order valence-corrected chi connectivity index (χ4v) is 2.40. The summed E-state index contributed by atoms with van der Waals surface area (Å²) in [5, 5.41) is 13.1. The predicted octanol–water partition coefficient (Wildman–Crippen LogP) is 2.23. The van der Waals surface area contributed by atoms with Crippen molar-refractivity contribution in [2.24, 2.45) is 5.92 Å². The highest BCUT2D eigenvalue weighted by atomic mass is 16.3.